The van der Waals surface area contributed by atoms with Crippen LogP contribution in [0.1, 0.15) is 31.1 Å². The molecule has 3 amide bonds. The number of hydrogen-bond acceptors (Lipinski definition) is 3. The van der Waals surface area contributed by atoms with Gasteiger partial charge in [0.25, 0.3) is 5.91 Å². The minimum Gasteiger partial charge on any atom is -0.321 e. The minimum atomic E-state index is -0.658. The van der Waals surface area contributed by atoms with Crippen molar-refractivity contribution in [1.29, 1.82) is 0 Å². The Balaban J connectivity index is 2.21. The third-order valence-electron chi connectivity index (χ3n) is 2.56. The van der Waals surface area contributed by atoms with Crippen LogP contribution < -0.4 is 10.6 Å². The second-order valence-electron chi connectivity index (χ2n) is 4.58. The fraction of sp³-hybridized carbons (Fsp3) is 0.417. The summed E-state index contributed by atoms with van der Waals surface area (Å²) in [5, 5.41) is 4.73. The van der Waals surface area contributed by atoms with Gasteiger partial charge in [-0.05, 0) is 30.0 Å². The third kappa shape index (κ3) is 2.61. The van der Waals surface area contributed by atoms with Crippen LogP contribution in [0.4, 0.5) is 4.79 Å². The van der Waals surface area contributed by atoms with Crippen molar-refractivity contribution in [2.24, 2.45) is 5.92 Å². The first-order valence-corrected chi connectivity index (χ1v) is 5.62. The molecule has 1 aromatic heterocycles. The van der Waals surface area contributed by atoms with E-state index in [1.165, 1.54) is 0 Å². The van der Waals surface area contributed by atoms with Crippen molar-refractivity contribution < 1.29 is 9.59 Å². The lowest BCUT2D eigenvalue weighted by Gasteiger charge is -2.09. The van der Waals surface area contributed by atoms with Crippen molar-refractivity contribution in [3.8, 4) is 0 Å². The van der Waals surface area contributed by atoms with Gasteiger partial charge in [0, 0.05) is 6.20 Å². The zero-order valence-corrected chi connectivity index (χ0v) is 9.86. The average Bonchev–Trinajstić information content (AvgIpc) is 2.57. The van der Waals surface area contributed by atoms with E-state index in [4.69, 9.17) is 0 Å². The Labute approximate surface area is 99.6 Å². The molecule has 17 heavy (non-hydrogen) atoms. The molecule has 5 heteroatoms. The summed E-state index contributed by atoms with van der Waals surface area (Å²) in [7, 11) is 0. The van der Waals surface area contributed by atoms with Gasteiger partial charge in [0.15, 0.2) is 6.04 Å². The molecule has 1 unspecified atom stereocenters. The van der Waals surface area contributed by atoms with E-state index in [0.717, 1.165) is 12.0 Å². The van der Waals surface area contributed by atoms with Crippen LogP contribution in [0.25, 0.3) is 0 Å². The molecular weight excluding hydrogens is 218 g/mol. The van der Waals surface area contributed by atoms with Crippen LogP contribution >= 0.6 is 0 Å². The first-order valence-electron chi connectivity index (χ1n) is 5.62. The minimum absolute atomic E-state index is 0.343. The predicted octanol–water partition coefficient (Wildman–Crippen LogP) is 1.16. The monoisotopic (exact) mass is 233 g/mol. The second-order valence-corrected chi connectivity index (χ2v) is 4.58. The van der Waals surface area contributed by atoms with Crippen LogP contribution in [0.3, 0.4) is 0 Å². The zero-order chi connectivity index (χ0) is 12.4. The lowest BCUT2D eigenvalue weighted by Crippen LogP contribution is -2.22. The second kappa shape index (κ2) is 4.53. The highest BCUT2D eigenvalue weighted by atomic mass is 16.2. The van der Waals surface area contributed by atoms with E-state index in [9.17, 15) is 9.59 Å². The Morgan fingerprint density at radius 1 is 1.41 bits per heavy atom. The predicted molar refractivity (Wildman–Crippen MR) is 62.2 cm³/mol. The normalized spacial score (nSPS) is 19.4. The lowest BCUT2D eigenvalue weighted by molar-refractivity contribution is -0.120. The highest BCUT2D eigenvalue weighted by molar-refractivity contribution is 6.04. The van der Waals surface area contributed by atoms with Gasteiger partial charge < -0.3 is 5.32 Å². The van der Waals surface area contributed by atoms with E-state index in [1.807, 2.05) is 12.1 Å². The molecule has 1 aliphatic rings. The number of imide groups is 1. The fourth-order valence-electron chi connectivity index (χ4n) is 1.88. The summed E-state index contributed by atoms with van der Waals surface area (Å²) < 4.78 is 0. The number of pyridine rings is 1. The smallest absolute Gasteiger partial charge is 0.321 e. The molecule has 1 fully saturated rings. The molecule has 0 aromatic carbocycles. The van der Waals surface area contributed by atoms with E-state index in [0.29, 0.717) is 11.6 Å². The number of amides is 3. The maximum Gasteiger partial charge on any atom is 0.322 e. The van der Waals surface area contributed by atoms with Gasteiger partial charge >= 0.3 is 6.03 Å². The van der Waals surface area contributed by atoms with Crippen LogP contribution in [-0.4, -0.2) is 16.9 Å². The van der Waals surface area contributed by atoms with Gasteiger partial charge in [-0.1, -0.05) is 13.8 Å². The molecule has 0 saturated carbocycles. The molecule has 0 radical (unpaired) electrons. The summed E-state index contributed by atoms with van der Waals surface area (Å²) in [6, 6.07) is 2.68. The molecule has 1 atom stereocenters. The Hall–Kier alpha value is -1.91. The SMILES string of the molecule is CC(C)Cc1ccnc(C2NC(=O)NC2=O)c1. The largest absolute Gasteiger partial charge is 0.322 e. The molecule has 0 aliphatic carbocycles. The number of nitrogens with one attached hydrogen (secondary N) is 2. The summed E-state index contributed by atoms with van der Waals surface area (Å²) in [4.78, 5) is 26.7. The molecule has 2 heterocycles. The molecule has 1 aromatic rings. The van der Waals surface area contributed by atoms with E-state index < -0.39 is 12.1 Å². The van der Waals surface area contributed by atoms with Gasteiger partial charge in [-0.25, -0.2) is 4.79 Å². The van der Waals surface area contributed by atoms with E-state index in [2.05, 4.69) is 29.5 Å². The van der Waals surface area contributed by atoms with Gasteiger partial charge in [-0.2, -0.15) is 0 Å². The molecular formula is C12H15N3O2. The van der Waals surface area contributed by atoms with Crippen LogP contribution in [-0.2, 0) is 11.2 Å². The molecule has 0 spiro atoms. The van der Waals surface area contributed by atoms with Crippen molar-refractivity contribution in [2.45, 2.75) is 26.3 Å². The van der Waals surface area contributed by atoms with Crippen molar-refractivity contribution in [3.05, 3.63) is 29.6 Å². The van der Waals surface area contributed by atoms with Gasteiger partial charge in [-0.15, -0.1) is 0 Å². The number of carbonyl (C=O) groups excluding carboxylic acids is 2. The summed E-state index contributed by atoms with van der Waals surface area (Å²) in [5.74, 6) is 0.196. The standard InChI is InChI=1S/C12H15N3O2/c1-7(2)5-8-3-4-13-9(6-8)10-11(16)15-12(17)14-10/h3-4,6-7,10H,5H2,1-2H3,(H2,14,15,16,17). The molecule has 5 nitrogen and oxygen atoms in total. The Bertz CT molecular complexity index is 457. The summed E-state index contributed by atoms with van der Waals surface area (Å²) in [5.41, 5.74) is 1.71. The number of nitrogens with zero attached hydrogens (tertiary/aromatic N) is 1. The van der Waals surface area contributed by atoms with Crippen LogP contribution in [0.15, 0.2) is 18.3 Å². The fourth-order valence-corrected chi connectivity index (χ4v) is 1.88. The first-order chi connectivity index (χ1) is 8.06. The molecule has 1 saturated heterocycles. The van der Waals surface area contributed by atoms with Crippen LogP contribution in [0.2, 0.25) is 0 Å². The summed E-state index contributed by atoms with van der Waals surface area (Å²) in [6.45, 7) is 4.26. The number of carbonyl (C=O) groups is 2. The Morgan fingerprint density at radius 3 is 2.76 bits per heavy atom. The van der Waals surface area contributed by atoms with Crippen molar-refractivity contribution in [1.82, 2.24) is 15.6 Å². The highest BCUT2D eigenvalue weighted by Gasteiger charge is 2.31. The highest BCUT2D eigenvalue weighted by Crippen LogP contribution is 2.17. The lowest BCUT2D eigenvalue weighted by atomic mass is 10.0. The molecule has 90 valence electrons. The Morgan fingerprint density at radius 2 is 2.18 bits per heavy atom. The maximum absolute atomic E-state index is 11.5. The quantitative estimate of drug-likeness (QED) is 0.769. The number of aromatic nitrogens is 1. The van der Waals surface area contributed by atoms with E-state index in [1.54, 1.807) is 6.20 Å². The van der Waals surface area contributed by atoms with Crippen molar-refractivity contribution in [3.63, 3.8) is 0 Å². The molecule has 0 bridgehead atoms. The zero-order valence-electron chi connectivity index (χ0n) is 9.86. The summed E-state index contributed by atoms with van der Waals surface area (Å²) in [6.07, 6.45) is 2.60. The van der Waals surface area contributed by atoms with E-state index in [-0.39, 0.29) is 5.91 Å². The third-order valence-corrected chi connectivity index (χ3v) is 2.56. The van der Waals surface area contributed by atoms with Gasteiger partial charge in [-0.3, -0.25) is 15.1 Å². The molecule has 2 N–H and O–H groups in total. The summed E-state index contributed by atoms with van der Waals surface area (Å²) >= 11 is 0. The number of rotatable bonds is 3. The van der Waals surface area contributed by atoms with E-state index >= 15 is 0 Å². The average molecular weight is 233 g/mol. The first kappa shape index (κ1) is 11.6. The van der Waals surface area contributed by atoms with Crippen LogP contribution in [0.5, 0.6) is 0 Å². The number of hydrogen-bond donors (Lipinski definition) is 2. The Kier molecular flexibility index (Phi) is 3.08. The van der Waals surface area contributed by atoms with Crippen molar-refractivity contribution >= 4 is 11.9 Å². The molecule has 2 rings (SSSR count). The maximum atomic E-state index is 11.5. The van der Waals surface area contributed by atoms with Gasteiger partial charge in [0.1, 0.15) is 0 Å². The number of urea groups is 1. The topological polar surface area (TPSA) is 71.1 Å². The molecule has 1 aliphatic heterocycles. The van der Waals surface area contributed by atoms with Crippen LogP contribution in [0, 0.1) is 5.92 Å². The van der Waals surface area contributed by atoms with Gasteiger partial charge in [0.05, 0.1) is 5.69 Å². The van der Waals surface area contributed by atoms with Crippen molar-refractivity contribution in [2.75, 3.05) is 0 Å². The van der Waals surface area contributed by atoms with Gasteiger partial charge in [0.2, 0.25) is 0 Å².